The number of carbonyl (C=O) groups excluding carboxylic acids is 1. The summed E-state index contributed by atoms with van der Waals surface area (Å²) in [6.07, 6.45) is 2.82. The third-order valence-electron chi connectivity index (χ3n) is 4.05. The summed E-state index contributed by atoms with van der Waals surface area (Å²) >= 11 is 0. The number of nitrogens with zero attached hydrogens (tertiary/aromatic N) is 3. The number of hydrogen-bond acceptors (Lipinski definition) is 7. The van der Waals surface area contributed by atoms with Gasteiger partial charge in [0, 0.05) is 42.2 Å². The number of anilines is 1. The molecule has 3 rings (SSSR count). The summed E-state index contributed by atoms with van der Waals surface area (Å²) in [6, 6.07) is 4.81. The number of nitrogens with one attached hydrogen (secondary N) is 1. The van der Waals surface area contributed by atoms with Gasteiger partial charge >= 0.3 is 5.97 Å². The summed E-state index contributed by atoms with van der Waals surface area (Å²) in [5, 5.41) is 7.07. The normalized spacial score (nSPS) is 14.0. The summed E-state index contributed by atoms with van der Waals surface area (Å²) < 4.78 is 25.0. The summed E-state index contributed by atoms with van der Waals surface area (Å²) in [6.45, 7) is 2.45. The van der Waals surface area contributed by atoms with Crippen LogP contribution in [0.1, 0.15) is 12.0 Å². The quantitative estimate of drug-likeness (QED) is 0.448. The fourth-order valence-electron chi connectivity index (χ4n) is 2.67. The van der Waals surface area contributed by atoms with E-state index in [1.165, 1.54) is 6.07 Å². The summed E-state index contributed by atoms with van der Waals surface area (Å²) in [7, 11) is 0. The molecule has 1 aromatic heterocycles. The molecule has 1 aliphatic heterocycles. The Bertz CT molecular complexity index is 822. The zero-order valence-electron chi connectivity index (χ0n) is 14.7. The first-order chi connectivity index (χ1) is 13.0. The molecular formula is C18H20FN5O3. The fraction of sp³-hybridized carbons (Fsp3) is 0.333. The van der Waals surface area contributed by atoms with Gasteiger partial charge in [-0.05, 0) is 0 Å². The van der Waals surface area contributed by atoms with E-state index in [1.807, 2.05) is 4.90 Å². The van der Waals surface area contributed by atoms with Gasteiger partial charge in [-0.2, -0.15) is 0 Å². The highest BCUT2D eigenvalue weighted by atomic mass is 19.1. The first kappa shape index (κ1) is 18.7. The van der Waals surface area contributed by atoms with Crippen LogP contribution in [0.5, 0.6) is 0 Å². The second kappa shape index (κ2) is 8.54. The van der Waals surface area contributed by atoms with E-state index >= 15 is 0 Å². The largest absolute Gasteiger partial charge is 0.460 e. The number of halogens is 1. The Kier molecular flexibility index (Phi) is 5.92. The van der Waals surface area contributed by atoms with Crippen molar-refractivity contribution in [1.82, 2.24) is 9.97 Å². The maximum absolute atomic E-state index is 14.8. The van der Waals surface area contributed by atoms with E-state index in [2.05, 4.69) is 9.97 Å². The zero-order chi connectivity index (χ0) is 19.2. The molecule has 0 radical (unpaired) electrons. The Hall–Kier alpha value is -3.07. The standard InChI is InChI=1S/C18H20FN5O3/c19-17-12(11-27-16(25)8-15(20)21)2-1-3-14(17)13-9-22-18(23-10-13)24-4-6-26-7-5-24/h1-3,9-10H,4-8,11H2,(H3,20,21). The number of benzene rings is 1. The van der Waals surface area contributed by atoms with Gasteiger partial charge in [0.2, 0.25) is 5.95 Å². The molecule has 27 heavy (non-hydrogen) atoms. The number of aromatic nitrogens is 2. The Balaban J connectivity index is 1.73. The molecule has 8 nitrogen and oxygen atoms in total. The summed E-state index contributed by atoms with van der Waals surface area (Å²) in [5.41, 5.74) is 6.22. The van der Waals surface area contributed by atoms with Crippen molar-refractivity contribution in [1.29, 1.82) is 5.41 Å². The van der Waals surface area contributed by atoms with Crippen molar-refractivity contribution >= 4 is 17.8 Å². The molecule has 142 valence electrons. The van der Waals surface area contributed by atoms with E-state index in [0.717, 1.165) is 13.1 Å². The lowest BCUT2D eigenvalue weighted by Crippen LogP contribution is -2.37. The SMILES string of the molecule is N=C(N)CC(=O)OCc1cccc(-c2cnc(N3CCOCC3)nc2)c1F. The number of ether oxygens (including phenoxy) is 2. The Morgan fingerprint density at radius 2 is 2.00 bits per heavy atom. The molecule has 1 saturated heterocycles. The second-order valence-electron chi connectivity index (χ2n) is 6.01. The number of carbonyl (C=O) groups is 1. The molecule has 0 amide bonds. The van der Waals surface area contributed by atoms with Gasteiger partial charge in [-0.15, -0.1) is 0 Å². The van der Waals surface area contributed by atoms with Gasteiger partial charge in [-0.25, -0.2) is 14.4 Å². The third-order valence-corrected chi connectivity index (χ3v) is 4.05. The number of amidine groups is 1. The van der Waals surface area contributed by atoms with E-state index in [1.54, 1.807) is 24.5 Å². The van der Waals surface area contributed by atoms with Crippen molar-refractivity contribution in [2.75, 3.05) is 31.2 Å². The Morgan fingerprint density at radius 3 is 2.67 bits per heavy atom. The lowest BCUT2D eigenvalue weighted by Gasteiger charge is -2.26. The van der Waals surface area contributed by atoms with Crippen LogP contribution in [0, 0.1) is 11.2 Å². The van der Waals surface area contributed by atoms with Gasteiger partial charge in [-0.3, -0.25) is 10.2 Å². The number of hydrogen-bond donors (Lipinski definition) is 2. The second-order valence-corrected chi connectivity index (χ2v) is 6.01. The van der Waals surface area contributed by atoms with Crippen molar-refractivity contribution in [3.05, 3.63) is 42.0 Å². The van der Waals surface area contributed by atoms with Crippen LogP contribution in [0.4, 0.5) is 10.3 Å². The van der Waals surface area contributed by atoms with Crippen molar-refractivity contribution < 1.29 is 18.7 Å². The maximum Gasteiger partial charge on any atom is 0.313 e. The Labute approximate surface area is 155 Å². The minimum atomic E-state index is -0.675. The minimum Gasteiger partial charge on any atom is -0.460 e. The number of nitrogens with two attached hydrogens (primary N) is 1. The monoisotopic (exact) mass is 373 g/mol. The van der Waals surface area contributed by atoms with Gasteiger partial charge in [0.1, 0.15) is 24.7 Å². The zero-order valence-corrected chi connectivity index (χ0v) is 14.7. The molecule has 0 spiro atoms. The first-order valence-corrected chi connectivity index (χ1v) is 8.45. The van der Waals surface area contributed by atoms with E-state index in [0.29, 0.717) is 30.3 Å². The first-order valence-electron chi connectivity index (χ1n) is 8.45. The van der Waals surface area contributed by atoms with Gasteiger partial charge in [0.15, 0.2) is 0 Å². The van der Waals surface area contributed by atoms with Gasteiger partial charge in [0.05, 0.1) is 13.2 Å². The molecule has 0 atom stereocenters. The molecule has 0 saturated carbocycles. The minimum absolute atomic E-state index is 0.224. The van der Waals surface area contributed by atoms with Crippen molar-refractivity contribution in [2.45, 2.75) is 13.0 Å². The van der Waals surface area contributed by atoms with Gasteiger partial charge < -0.3 is 20.1 Å². The van der Waals surface area contributed by atoms with Crippen molar-refractivity contribution in [3.63, 3.8) is 0 Å². The average Bonchev–Trinajstić information content (AvgIpc) is 2.67. The number of rotatable bonds is 6. The van der Waals surface area contributed by atoms with Crippen LogP contribution in [-0.2, 0) is 20.9 Å². The number of esters is 1. The van der Waals surface area contributed by atoms with E-state index < -0.39 is 11.8 Å². The Morgan fingerprint density at radius 1 is 1.30 bits per heavy atom. The highest BCUT2D eigenvalue weighted by Crippen LogP contribution is 2.25. The molecular weight excluding hydrogens is 353 g/mol. The van der Waals surface area contributed by atoms with Crippen LogP contribution in [0.2, 0.25) is 0 Å². The van der Waals surface area contributed by atoms with Gasteiger partial charge in [0.25, 0.3) is 0 Å². The molecule has 2 heterocycles. The highest BCUT2D eigenvalue weighted by Gasteiger charge is 2.16. The van der Waals surface area contributed by atoms with Crippen molar-refractivity contribution in [3.8, 4) is 11.1 Å². The number of morpholine rings is 1. The van der Waals surface area contributed by atoms with E-state index in [9.17, 15) is 9.18 Å². The predicted molar refractivity (Wildman–Crippen MR) is 96.8 cm³/mol. The lowest BCUT2D eigenvalue weighted by molar-refractivity contribution is -0.143. The molecule has 0 aliphatic carbocycles. The van der Waals surface area contributed by atoms with Crippen LogP contribution in [0.15, 0.2) is 30.6 Å². The summed E-state index contributed by atoms with van der Waals surface area (Å²) in [5.74, 6) is -0.898. The van der Waals surface area contributed by atoms with Crippen LogP contribution in [0.25, 0.3) is 11.1 Å². The molecule has 0 unspecified atom stereocenters. The van der Waals surface area contributed by atoms with Crippen LogP contribution in [-0.4, -0.2) is 48.1 Å². The lowest BCUT2D eigenvalue weighted by atomic mass is 10.1. The maximum atomic E-state index is 14.8. The summed E-state index contributed by atoms with van der Waals surface area (Å²) in [4.78, 5) is 22.1. The van der Waals surface area contributed by atoms with Crippen LogP contribution < -0.4 is 10.6 Å². The molecule has 1 aliphatic rings. The third kappa shape index (κ3) is 4.76. The van der Waals surface area contributed by atoms with Crippen LogP contribution in [0.3, 0.4) is 0 Å². The molecule has 1 fully saturated rings. The molecule has 2 aromatic rings. The highest BCUT2D eigenvalue weighted by molar-refractivity contribution is 5.94. The van der Waals surface area contributed by atoms with Crippen molar-refractivity contribution in [2.24, 2.45) is 5.73 Å². The fourth-order valence-corrected chi connectivity index (χ4v) is 2.67. The van der Waals surface area contributed by atoms with Gasteiger partial charge in [-0.1, -0.05) is 18.2 Å². The smallest absolute Gasteiger partial charge is 0.313 e. The van der Waals surface area contributed by atoms with Crippen LogP contribution >= 0.6 is 0 Å². The molecule has 3 N–H and O–H groups in total. The molecule has 9 heteroatoms. The molecule has 1 aromatic carbocycles. The predicted octanol–water partition coefficient (Wildman–Crippen LogP) is 1.49. The van der Waals surface area contributed by atoms with E-state index in [4.69, 9.17) is 20.6 Å². The average molecular weight is 373 g/mol. The topological polar surface area (TPSA) is 114 Å². The molecule has 0 bridgehead atoms. The van der Waals surface area contributed by atoms with E-state index in [-0.39, 0.29) is 24.4 Å².